The summed E-state index contributed by atoms with van der Waals surface area (Å²) in [5.41, 5.74) is 3.06. The number of hydrogen-bond acceptors (Lipinski definition) is 4. The molecule has 0 spiro atoms. The van der Waals surface area contributed by atoms with Crippen molar-refractivity contribution in [3.8, 4) is 17.3 Å². The Hall–Kier alpha value is -4.34. The second kappa shape index (κ2) is 11.6. The van der Waals surface area contributed by atoms with Crippen molar-refractivity contribution in [1.29, 1.82) is 0 Å². The van der Waals surface area contributed by atoms with Crippen LogP contribution in [0.15, 0.2) is 115 Å². The van der Waals surface area contributed by atoms with E-state index in [2.05, 4.69) is 55.7 Å². The Morgan fingerprint density at radius 1 is 0.773 bits per heavy atom. The third kappa shape index (κ3) is 5.31. The predicted molar refractivity (Wildman–Crippen MR) is 176 cm³/mol. The second-order valence-electron chi connectivity index (χ2n) is 11.5. The molecule has 7 rings (SSSR count). The van der Waals surface area contributed by atoms with Crippen LogP contribution < -0.4 is 14.5 Å². The topological polar surface area (TPSA) is 33.5 Å². The van der Waals surface area contributed by atoms with E-state index in [4.69, 9.17) is 17.9 Å². The van der Waals surface area contributed by atoms with Gasteiger partial charge in [0.25, 0.3) is 0 Å². The zero-order valence-corrected chi connectivity index (χ0v) is 26.7. The molecule has 0 unspecified atom stereocenters. The van der Waals surface area contributed by atoms with Gasteiger partial charge in [-0.3, -0.25) is 0 Å². The molecule has 1 aliphatic rings. The molecule has 44 heavy (non-hydrogen) atoms. The number of allylic oxidation sites excluding steroid dienone is 2. The van der Waals surface area contributed by atoms with Crippen molar-refractivity contribution in [1.82, 2.24) is 9.55 Å². The molecule has 6 aromatic rings. The van der Waals surface area contributed by atoms with Gasteiger partial charge in [0, 0.05) is 69.6 Å². The fourth-order valence-corrected chi connectivity index (χ4v) is 5.36. The summed E-state index contributed by atoms with van der Waals surface area (Å²) in [6, 6.07) is 36.6. The van der Waals surface area contributed by atoms with E-state index in [0.29, 0.717) is 22.9 Å². The largest absolute Gasteiger partial charge is 0.509 e. The van der Waals surface area contributed by atoms with Crippen molar-refractivity contribution in [3.63, 3.8) is 0 Å². The molecule has 0 N–H and O–H groups in total. The SMILES string of the molecule is [2H]C([2H])([2H])C1=C(C([2H])([2H])[2H])N(c2ccccc2)[CH-]N1c1[c-]c(Oc2[c-]c3c(cc2)c2ccccc2n3-c2cc(C(C)(C)C)ccn2)ccc1.[Pt]. The number of rotatable bonds is 5. The first-order valence-electron chi connectivity index (χ1n) is 17.1. The Morgan fingerprint density at radius 2 is 1.52 bits per heavy atom. The van der Waals surface area contributed by atoms with Gasteiger partial charge in [-0.2, -0.15) is 12.1 Å². The van der Waals surface area contributed by atoms with E-state index in [9.17, 15) is 0 Å². The normalized spacial score (nSPS) is 16.2. The molecule has 0 fully saturated rings. The zero-order chi connectivity index (χ0) is 34.7. The molecule has 6 heteroatoms. The summed E-state index contributed by atoms with van der Waals surface area (Å²) in [7, 11) is 0. The van der Waals surface area contributed by atoms with Gasteiger partial charge < -0.3 is 19.1 Å². The van der Waals surface area contributed by atoms with E-state index >= 15 is 0 Å². The van der Waals surface area contributed by atoms with Crippen LogP contribution in [0.25, 0.3) is 27.6 Å². The van der Waals surface area contributed by atoms with E-state index in [-0.39, 0.29) is 37.9 Å². The minimum Gasteiger partial charge on any atom is -0.509 e. The average molecular weight is 763 g/mol. The van der Waals surface area contributed by atoms with E-state index in [1.807, 2.05) is 42.6 Å². The molecule has 0 amide bonds. The number of nitrogens with zero attached hydrogens (tertiary/aromatic N) is 4. The molecule has 0 radical (unpaired) electrons. The number of anilines is 2. The number of aromatic nitrogens is 2. The summed E-state index contributed by atoms with van der Waals surface area (Å²) in [6.07, 6.45) is 1.82. The first-order valence-corrected chi connectivity index (χ1v) is 14.1. The zero-order valence-electron chi connectivity index (χ0n) is 30.4. The summed E-state index contributed by atoms with van der Waals surface area (Å²) >= 11 is 0. The number of hydrogen-bond donors (Lipinski definition) is 0. The van der Waals surface area contributed by atoms with Gasteiger partial charge in [-0.1, -0.05) is 62.7 Å². The monoisotopic (exact) mass is 762 g/mol. The minimum absolute atomic E-state index is 0. The van der Waals surface area contributed by atoms with Crippen LogP contribution in [0.1, 0.15) is 48.3 Å². The van der Waals surface area contributed by atoms with Crippen LogP contribution in [0.4, 0.5) is 11.4 Å². The quantitative estimate of drug-likeness (QED) is 0.164. The van der Waals surface area contributed by atoms with Gasteiger partial charge in [-0.15, -0.1) is 48.1 Å². The third-order valence-corrected chi connectivity index (χ3v) is 7.60. The molecule has 1 aliphatic heterocycles. The molecule has 0 bridgehead atoms. The van der Waals surface area contributed by atoms with Gasteiger partial charge in [-0.25, -0.2) is 4.98 Å². The molecule has 4 aromatic carbocycles. The standard InChI is InChI=1S/C38H33N4O.Pt/c1-26-27(2)41(25-40(26)29-12-7-6-8-13-29)30-14-11-15-31(23-30)43-32-18-19-34-33-16-9-10-17-35(33)42(36(34)24-32)37-22-28(20-21-39-37)38(3,4)5;/h6-22,25H,1-5H3;/q-3;/i1D3,2D3;. The van der Waals surface area contributed by atoms with E-state index in [1.54, 1.807) is 42.5 Å². The number of pyridine rings is 1. The van der Waals surface area contributed by atoms with E-state index < -0.39 is 13.7 Å². The summed E-state index contributed by atoms with van der Waals surface area (Å²) < 4.78 is 58.3. The van der Waals surface area contributed by atoms with Crippen molar-refractivity contribution >= 4 is 33.2 Å². The Balaban J connectivity index is 0.00000432. The van der Waals surface area contributed by atoms with Gasteiger partial charge >= 0.3 is 0 Å². The van der Waals surface area contributed by atoms with Crippen LogP contribution in [0.3, 0.4) is 0 Å². The predicted octanol–water partition coefficient (Wildman–Crippen LogP) is 9.56. The third-order valence-electron chi connectivity index (χ3n) is 7.60. The number of ether oxygens (including phenoxy) is 1. The maximum Gasteiger partial charge on any atom is 0.135 e. The van der Waals surface area contributed by atoms with E-state index in [0.717, 1.165) is 33.2 Å². The van der Waals surface area contributed by atoms with Crippen LogP contribution in [-0.4, -0.2) is 9.55 Å². The van der Waals surface area contributed by atoms with Crippen LogP contribution in [0.2, 0.25) is 0 Å². The maximum absolute atomic E-state index is 8.35. The first-order chi connectivity index (χ1) is 23.2. The summed E-state index contributed by atoms with van der Waals surface area (Å²) in [6.45, 7) is 2.51. The molecule has 5 nitrogen and oxygen atoms in total. The second-order valence-corrected chi connectivity index (χ2v) is 11.5. The van der Waals surface area contributed by atoms with E-state index in [1.165, 1.54) is 16.5 Å². The molecular weight excluding hydrogens is 724 g/mol. The summed E-state index contributed by atoms with van der Waals surface area (Å²) in [5, 5.41) is 2.04. The Bertz CT molecular complexity index is 2220. The van der Waals surface area contributed by atoms with Crippen molar-refractivity contribution < 1.29 is 34.0 Å². The number of fused-ring (bicyclic) bond motifs is 3. The van der Waals surface area contributed by atoms with Crippen LogP contribution in [-0.2, 0) is 26.5 Å². The summed E-state index contributed by atoms with van der Waals surface area (Å²) in [4.78, 5) is 7.49. The van der Waals surface area contributed by atoms with Crippen molar-refractivity contribution in [2.45, 2.75) is 39.9 Å². The number of benzene rings is 4. The molecule has 0 saturated carbocycles. The Kier molecular flexibility index (Phi) is 6.10. The molecule has 0 atom stereocenters. The fraction of sp³-hybridized carbons (Fsp3) is 0.158. The van der Waals surface area contributed by atoms with Crippen molar-refractivity contribution in [3.05, 3.63) is 139 Å². The minimum atomic E-state index is -2.75. The Morgan fingerprint density at radius 3 is 2.32 bits per heavy atom. The van der Waals surface area contributed by atoms with Crippen molar-refractivity contribution in [2.75, 3.05) is 9.80 Å². The van der Waals surface area contributed by atoms with Crippen LogP contribution >= 0.6 is 0 Å². The molecule has 0 aliphatic carbocycles. The average Bonchev–Trinajstić information content (AvgIpc) is 3.63. The maximum atomic E-state index is 8.35. The van der Waals surface area contributed by atoms with Gasteiger partial charge in [0.05, 0.1) is 0 Å². The van der Waals surface area contributed by atoms with Crippen LogP contribution in [0.5, 0.6) is 11.5 Å². The number of para-hydroxylation sites is 2. The van der Waals surface area contributed by atoms with Gasteiger partial charge in [0.15, 0.2) is 0 Å². The summed E-state index contributed by atoms with van der Waals surface area (Å²) in [5.74, 6) is 1.49. The molecule has 2 aromatic heterocycles. The van der Waals surface area contributed by atoms with Gasteiger partial charge in [0.2, 0.25) is 0 Å². The molecular formula is C38H33N4OPt-3. The molecule has 0 saturated heterocycles. The molecule has 224 valence electrons. The Labute approximate surface area is 282 Å². The van der Waals surface area contributed by atoms with Crippen molar-refractivity contribution in [2.24, 2.45) is 0 Å². The van der Waals surface area contributed by atoms with Crippen LogP contribution in [0, 0.1) is 18.8 Å². The fourth-order valence-electron chi connectivity index (χ4n) is 5.36. The van der Waals surface area contributed by atoms with Gasteiger partial charge in [-0.05, 0) is 60.4 Å². The smallest absolute Gasteiger partial charge is 0.135 e. The first kappa shape index (κ1) is 23.1. The molecule has 3 heterocycles. The van der Waals surface area contributed by atoms with Gasteiger partial charge in [0.1, 0.15) is 5.82 Å².